The Kier molecular flexibility index (Phi) is 6.32. The lowest BCUT2D eigenvalue weighted by atomic mass is 10.1. The topological polar surface area (TPSA) is 68.5 Å². The molecule has 6 nitrogen and oxygen atoms in total. The van der Waals surface area contributed by atoms with Crippen LogP contribution >= 0.6 is 0 Å². The average molecular weight is 393 g/mol. The summed E-state index contributed by atoms with van der Waals surface area (Å²) in [5.41, 5.74) is 4.21. The Morgan fingerprint density at radius 1 is 1.10 bits per heavy atom. The molecule has 0 aliphatic carbocycles. The van der Waals surface area contributed by atoms with Crippen molar-refractivity contribution in [2.75, 3.05) is 7.05 Å². The number of aryl methyl sites for hydroxylation is 3. The number of nitrogens with zero attached hydrogens (tertiary/aromatic N) is 3. The van der Waals surface area contributed by atoms with Crippen LogP contribution in [0.5, 0.6) is 5.75 Å². The highest BCUT2D eigenvalue weighted by Gasteiger charge is 2.24. The predicted octanol–water partition coefficient (Wildman–Crippen LogP) is 4.48. The quantitative estimate of drug-likeness (QED) is 0.592. The van der Waals surface area contributed by atoms with Crippen molar-refractivity contribution in [2.45, 2.75) is 46.8 Å². The first-order chi connectivity index (χ1) is 13.9. The van der Waals surface area contributed by atoms with E-state index in [4.69, 9.17) is 9.26 Å². The first kappa shape index (κ1) is 20.6. The molecule has 0 aliphatic heterocycles. The molecule has 1 unspecified atom stereocenters. The number of rotatable bonds is 7. The Morgan fingerprint density at radius 3 is 2.48 bits per heavy atom. The summed E-state index contributed by atoms with van der Waals surface area (Å²) >= 11 is 0. The van der Waals surface area contributed by atoms with Crippen LogP contribution in [0.4, 0.5) is 0 Å². The molecular formula is C23H27N3O3. The van der Waals surface area contributed by atoms with Gasteiger partial charge < -0.3 is 14.2 Å². The van der Waals surface area contributed by atoms with Crippen molar-refractivity contribution in [2.24, 2.45) is 0 Å². The average Bonchev–Trinajstić information content (AvgIpc) is 3.13. The van der Waals surface area contributed by atoms with E-state index in [0.717, 1.165) is 22.3 Å². The molecule has 3 rings (SSSR count). The lowest BCUT2D eigenvalue weighted by Crippen LogP contribution is -2.39. The van der Waals surface area contributed by atoms with Crippen LogP contribution in [0.15, 0.2) is 47.0 Å². The fourth-order valence-electron chi connectivity index (χ4n) is 3.22. The normalized spacial score (nSPS) is 11.9. The van der Waals surface area contributed by atoms with Crippen LogP contribution in [0.25, 0.3) is 11.4 Å². The maximum absolute atomic E-state index is 12.9. The maximum atomic E-state index is 12.9. The van der Waals surface area contributed by atoms with E-state index in [0.29, 0.717) is 23.9 Å². The van der Waals surface area contributed by atoms with Gasteiger partial charge in [0.25, 0.3) is 5.91 Å². The number of hydrogen-bond acceptors (Lipinski definition) is 5. The molecule has 1 amide bonds. The second-order valence-electron chi connectivity index (χ2n) is 7.41. The first-order valence-electron chi connectivity index (χ1n) is 9.75. The van der Waals surface area contributed by atoms with E-state index in [1.807, 2.05) is 64.1 Å². The van der Waals surface area contributed by atoms with Crippen molar-refractivity contribution in [1.29, 1.82) is 0 Å². The van der Waals surface area contributed by atoms with E-state index in [-0.39, 0.29) is 12.5 Å². The van der Waals surface area contributed by atoms with Crippen molar-refractivity contribution in [1.82, 2.24) is 15.0 Å². The molecule has 0 saturated heterocycles. The maximum Gasteiger partial charge on any atom is 0.263 e. The summed E-state index contributed by atoms with van der Waals surface area (Å²) in [4.78, 5) is 18.9. The van der Waals surface area contributed by atoms with E-state index in [1.54, 1.807) is 11.9 Å². The zero-order valence-electron chi connectivity index (χ0n) is 17.6. The fraction of sp³-hybridized carbons (Fsp3) is 0.348. The van der Waals surface area contributed by atoms with Gasteiger partial charge in [0.15, 0.2) is 6.10 Å². The van der Waals surface area contributed by atoms with Gasteiger partial charge in [-0.2, -0.15) is 4.98 Å². The van der Waals surface area contributed by atoms with Gasteiger partial charge in [0.05, 0.1) is 6.54 Å². The molecule has 152 valence electrons. The predicted molar refractivity (Wildman–Crippen MR) is 112 cm³/mol. The minimum atomic E-state index is -0.569. The number of amides is 1. The van der Waals surface area contributed by atoms with E-state index < -0.39 is 6.10 Å². The van der Waals surface area contributed by atoms with Crippen molar-refractivity contribution in [3.8, 4) is 17.1 Å². The van der Waals surface area contributed by atoms with Gasteiger partial charge in [0.1, 0.15) is 5.75 Å². The molecule has 0 fully saturated rings. The van der Waals surface area contributed by atoms with Crippen LogP contribution in [-0.2, 0) is 11.3 Å². The SMILES string of the molecule is CCC(Oc1cc(C)cc(C)c1)C(=O)N(C)Cc1nc(-c2cccc(C)c2)no1. The molecule has 2 aromatic carbocycles. The number of hydrogen-bond donors (Lipinski definition) is 0. The van der Waals surface area contributed by atoms with Crippen LogP contribution in [-0.4, -0.2) is 34.1 Å². The molecule has 6 heteroatoms. The zero-order valence-corrected chi connectivity index (χ0v) is 17.6. The summed E-state index contributed by atoms with van der Waals surface area (Å²) in [6, 6.07) is 13.8. The summed E-state index contributed by atoms with van der Waals surface area (Å²) in [6.07, 6.45) is -0.00508. The Balaban J connectivity index is 1.67. The zero-order chi connectivity index (χ0) is 21.0. The lowest BCUT2D eigenvalue weighted by molar-refractivity contribution is -0.138. The van der Waals surface area contributed by atoms with Crippen molar-refractivity contribution in [3.05, 3.63) is 65.0 Å². The highest BCUT2D eigenvalue weighted by Crippen LogP contribution is 2.20. The van der Waals surface area contributed by atoms with E-state index >= 15 is 0 Å². The van der Waals surface area contributed by atoms with Crippen LogP contribution in [0.3, 0.4) is 0 Å². The molecule has 0 radical (unpaired) electrons. The van der Waals surface area contributed by atoms with E-state index in [1.165, 1.54) is 0 Å². The van der Waals surface area contributed by atoms with Gasteiger partial charge in [-0.1, -0.05) is 41.9 Å². The monoisotopic (exact) mass is 393 g/mol. The number of aromatic nitrogens is 2. The van der Waals surface area contributed by atoms with E-state index in [9.17, 15) is 4.79 Å². The number of ether oxygens (including phenoxy) is 1. The van der Waals surface area contributed by atoms with Crippen molar-refractivity contribution in [3.63, 3.8) is 0 Å². The fourth-order valence-corrected chi connectivity index (χ4v) is 3.22. The molecule has 0 bridgehead atoms. The summed E-state index contributed by atoms with van der Waals surface area (Å²) in [5, 5.41) is 4.04. The molecule has 0 aliphatic rings. The number of carbonyl (C=O) groups is 1. The second kappa shape index (κ2) is 8.90. The van der Waals surface area contributed by atoms with Gasteiger partial charge in [0.2, 0.25) is 11.7 Å². The van der Waals surface area contributed by atoms with Gasteiger partial charge in [-0.05, 0) is 56.5 Å². The second-order valence-corrected chi connectivity index (χ2v) is 7.41. The van der Waals surface area contributed by atoms with Crippen molar-refractivity contribution < 1.29 is 14.1 Å². The standard InChI is InChI=1S/C23H27N3O3/c1-6-20(28-19-12-16(3)10-17(4)13-19)23(27)26(5)14-21-24-22(25-29-21)18-9-7-8-15(2)11-18/h7-13,20H,6,14H2,1-5H3. The number of carbonyl (C=O) groups excluding carboxylic acids is 1. The van der Waals surface area contributed by atoms with Gasteiger partial charge in [-0.3, -0.25) is 4.79 Å². The smallest absolute Gasteiger partial charge is 0.263 e. The van der Waals surface area contributed by atoms with Gasteiger partial charge in [-0.25, -0.2) is 0 Å². The Hall–Kier alpha value is -3.15. The largest absolute Gasteiger partial charge is 0.481 e. The highest BCUT2D eigenvalue weighted by atomic mass is 16.5. The van der Waals surface area contributed by atoms with Crippen LogP contribution in [0, 0.1) is 20.8 Å². The summed E-state index contributed by atoms with van der Waals surface area (Å²) in [6.45, 7) is 8.19. The molecule has 0 N–H and O–H groups in total. The lowest BCUT2D eigenvalue weighted by Gasteiger charge is -2.23. The molecule has 0 spiro atoms. The Morgan fingerprint density at radius 2 is 1.83 bits per heavy atom. The number of benzene rings is 2. The van der Waals surface area contributed by atoms with Crippen LogP contribution in [0.1, 0.15) is 35.9 Å². The molecule has 1 heterocycles. The molecule has 3 aromatic rings. The van der Waals surface area contributed by atoms with Crippen LogP contribution < -0.4 is 4.74 Å². The minimum Gasteiger partial charge on any atom is -0.481 e. The Bertz CT molecular complexity index is 976. The Labute approximate surface area is 171 Å². The number of likely N-dealkylation sites (N-methyl/N-ethyl adjacent to an activating group) is 1. The van der Waals surface area contributed by atoms with Gasteiger partial charge in [-0.15, -0.1) is 0 Å². The van der Waals surface area contributed by atoms with Gasteiger partial charge >= 0.3 is 0 Å². The third-order valence-corrected chi connectivity index (χ3v) is 4.61. The summed E-state index contributed by atoms with van der Waals surface area (Å²) in [5.74, 6) is 1.49. The third-order valence-electron chi connectivity index (χ3n) is 4.61. The molecule has 1 aromatic heterocycles. The third kappa shape index (κ3) is 5.22. The summed E-state index contributed by atoms with van der Waals surface area (Å²) in [7, 11) is 1.71. The van der Waals surface area contributed by atoms with E-state index in [2.05, 4.69) is 16.2 Å². The van der Waals surface area contributed by atoms with Crippen molar-refractivity contribution >= 4 is 5.91 Å². The molecular weight excluding hydrogens is 366 g/mol. The van der Waals surface area contributed by atoms with Crippen LogP contribution in [0.2, 0.25) is 0 Å². The molecule has 0 saturated carbocycles. The summed E-state index contributed by atoms with van der Waals surface area (Å²) < 4.78 is 11.3. The molecule has 29 heavy (non-hydrogen) atoms. The first-order valence-corrected chi connectivity index (χ1v) is 9.75. The highest BCUT2D eigenvalue weighted by molar-refractivity contribution is 5.81. The van der Waals surface area contributed by atoms with Gasteiger partial charge in [0, 0.05) is 12.6 Å². The molecule has 1 atom stereocenters. The minimum absolute atomic E-state index is 0.123.